The monoisotopic (exact) mass is 490 g/mol. The molecular weight excluding hydrogens is 467 g/mol. The predicted molar refractivity (Wildman–Crippen MR) is 129 cm³/mol. The summed E-state index contributed by atoms with van der Waals surface area (Å²) in [6.07, 6.45) is 1.32. The van der Waals surface area contributed by atoms with Crippen molar-refractivity contribution in [3.63, 3.8) is 0 Å². The highest BCUT2D eigenvalue weighted by atomic mass is 35.5. The number of hydrogen-bond acceptors (Lipinski definition) is 3. The normalized spacial score (nSPS) is 17.4. The maximum absolute atomic E-state index is 12.9. The summed E-state index contributed by atoms with van der Waals surface area (Å²) in [6.45, 7) is 1.02. The van der Waals surface area contributed by atoms with E-state index in [4.69, 9.17) is 23.2 Å². The Balaban J connectivity index is 1.37. The number of nitrogens with one attached hydrogen (secondary N) is 1. The molecule has 3 aromatic carbocycles. The third kappa shape index (κ3) is 5.44. The van der Waals surface area contributed by atoms with Gasteiger partial charge >= 0.3 is 0 Å². The highest BCUT2D eigenvalue weighted by molar-refractivity contribution is 7.88. The second-order valence-corrected chi connectivity index (χ2v) is 10.9. The van der Waals surface area contributed by atoms with Gasteiger partial charge in [0.2, 0.25) is 15.9 Å². The first kappa shape index (κ1) is 23.1. The molecule has 1 saturated heterocycles. The number of carbonyl (C=O) groups is 1. The Morgan fingerprint density at radius 3 is 2.50 bits per heavy atom. The molecule has 8 heteroatoms. The molecule has 0 bridgehead atoms. The van der Waals surface area contributed by atoms with E-state index in [1.807, 2.05) is 36.4 Å². The zero-order valence-electron chi connectivity index (χ0n) is 17.4. The lowest BCUT2D eigenvalue weighted by Crippen LogP contribution is -2.45. The van der Waals surface area contributed by atoms with Crippen LogP contribution < -0.4 is 5.32 Å². The average Bonchev–Trinajstić information content (AvgIpc) is 2.79. The fourth-order valence-corrected chi connectivity index (χ4v) is 5.94. The molecule has 1 aliphatic heterocycles. The largest absolute Gasteiger partial charge is 0.352 e. The third-order valence-corrected chi connectivity index (χ3v) is 8.32. The number of fused-ring (bicyclic) bond motifs is 1. The third-order valence-electron chi connectivity index (χ3n) is 5.76. The highest BCUT2D eigenvalue weighted by Crippen LogP contribution is 2.26. The average molecular weight is 491 g/mol. The number of piperidine rings is 1. The molecule has 0 saturated carbocycles. The highest BCUT2D eigenvalue weighted by Gasteiger charge is 2.32. The summed E-state index contributed by atoms with van der Waals surface area (Å²) in [5, 5.41) is 5.95. The van der Waals surface area contributed by atoms with Crippen LogP contribution in [0.1, 0.15) is 24.0 Å². The van der Waals surface area contributed by atoms with Gasteiger partial charge in [-0.15, -0.1) is 0 Å². The Morgan fingerprint density at radius 2 is 1.72 bits per heavy atom. The molecule has 0 spiro atoms. The van der Waals surface area contributed by atoms with Crippen molar-refractivity contribution < 1.29 is 13.2 Å². The maximum atomic E-state index is 12.9. The molecule has 32 heavy (non-hydrogen) atoms. The molecule has 0 aromatic heterocycles. The van der Waals surface area contributed by atoms with Crippen molar-refractivity contribution >= 4 is 49.9 Å². The zero-order chi connectivity index (χ0) is 22.7. The van der Waals surface area contributed by atoms with Gasteiger partial charge in [0.15, 0.2) is 0 Å². The molecule has 0 aliphatic carbocycles. The second kappa shape index (κ2) is 9.79. The molecular formula is C24H24Cl2N2O3S. The molecule has 1 heterocycles. The summed E-state index contributed by atoms with van der Waals surface area (Å²) in [5.74, 6) is -0.657. The van der Waals surface area contributed by atoms with Gasteiger partial charge in [-0.2, -0.15) is 0 Å². The molecule has 1 atom stereocenters. The van der Waals surface area contributed by atoms with E-state index in [0.717, 1.165) is 16.3 Å². The van der Waals surface area contributed by atoms with Crippen molar-refractivity contribution in [1.29, 1.82) is 0 Å². The fourth-order valence-electron chi connectivity index (χ4n) is 4.02. The van der Waals surface area contributed by atoms with Crippen LogP contribution >= 0.6 is 23.2 Å². The van der Waals surface area contributed by atoms with Crippen molar-refractivity contribution in [1.82, 2.24) is 9.62 Å². The summed E-state index contributed by atoms with van der Waals surface area (Å²) in [4.78, 5) is 12.8. The van der Waals surface area contributed by atoms with Crippen molar-refractivity contribution in [2.75, 3.05) is 13.1 Å². The van der Waals surface area contributed by atoms with E-state index in [1.165, 1.54) is 4.31 Å². The summed E-state index contributed by atoms with van der Waals surface area (Å²) in [5.41, 5.74) is 1.58. The van der Waals surface area contributed by atoms with Crippen LogP contribution in [0, 0.1) is 5.92 Å². The first-order valence-corrected chi connectivity index (χ1v) is 12.9. The SMILES string of the molecule is O=C(NCc1ccc2ccccc2c1)[C@H]1CCCN(S(=O)(=O)Cc2ccc(Cl)c(Cl)c2)C1. The van der Waals surface area contributed by atoms with E-state index in [2.05, 4.69) is 11.4 Å². The van der Waals surface area contributed by atoms with E-state index in [1.54, 1.807) is 18.2 Å². The van der Waals surface area contributed by atoms with Crippen molar-refractivity contribution in [3.05, 3.63) is 81.8 Å². The topological polar surface area (TPSA) is 66.5 Å². The van der Waals surface area contributed by atoms with Gasteiger partial charge in [-0.3, -0.25) is 4.79 Å². The van der Waals surface area contributed by atoms with Crippen LogP contribution in [0.3, 0.4) is 0 Å². The smallest absolute Gasteiger partial charge is 0.224 e. The Bertz CT molecular complexity index is 1250. The van der Waals surface area contributed by atoms with Gasteiger partial charge < -0.3 is 5.32 Å². The Morgan fingerprint density at radius 1 is 0.969 bits per heavy atom. The molecule has 0 unspecified atom stereocenters. The number of rotatable bonds is 6. The lowest BCUT2D eigenvalue weighted by atomic mass is 9.98. The summed E-state index contributed by atoms with van der Waals surface area (Å²) in [7, 11) is -3.57. The lowest BCUT2D eigenvalue weighted by Gasteiger charge is -2.31. The van der Waals surface area contributed by atoms with Crippen LogP contribution in [0.5, 0.6) is 0 Å². The van der Waals surface area contributed by atoms with Gasteiger partial charge in [-0.05, 0) is 52.9 Å². The van der Waals surface area contributed by atoms with Crippen molar-refractivity contribution in [3.8, 4) is 0 Å². The minimum atomic E-state index is -3.57. The zero-order valence-corrected chi connectivity index (χ0v) is 19.8. The number of benzene rings is 3. The summed E-state index contributed by atoms with van der Waals surface area (Å²) < 4.78 is 27.3. The van der Waals surface area contributed by atoms with Crippen LogP contribution in [-0.4, -0.2) is 31.7 Å². The van der Waals surface area contributed by atoms with Gasteiger partial charge in [0.1, 0.15) is 0 Å². The molecule has 1 N–H and O–H groups in total. The molecule has 0 radical (unpaired) electrons. The summed E-state index contributed by atoms with van der Waals surface area (Å²) in [6, 6.07) is 19.0. The molecule has 5 nitrogen and oxygen atoms in total. The molecule has 4 rings (SSSR count). The van der Waals surface area contributed by atoms with E-state index in [-0.39, 0.29) is 24.1 Å². The van der Waals surface area contributed by atoms with Crippen molar-refractivity contribution in [2.45, 2.75) is 25.1 Å². The van der Waals surface area contributed by atoms with Gasteiger partial charge in [-0.1, -0.05) is 65.7 Å². The number of amides is 1. The molecule has 1 aliphatic rings. The Labute approximate surface area is 198 Å². The van der Waals surface area contributed by atoms with E-state index < -0.39 is 10.0 Å². The number of nitrogens with zero attached hydrogens (tertiary/aromatic N) is 1. The minimum Gasteiger partial charge on any atom is -0.352 e. The van der Waals surface area contributed by atoms with E-state index in [9.17, 15) is 13.2 Å². The van der Waals surface area contributed by atoms with Gasteiger partial charge in [0, 0.05) is 19.6 Å². The lowest BCUT2D eigenvalue weighted by molar-refractivity contribution is -0.126. The predicted octanol–water partition coefficient (Wildman–Crippen LogP) is 5.00. The fraction of sp³-hybridized carbons (Fsp3) is 0.292. The van der Waals surface area contributed by atoms with Crippen molar-refractivity contribution in [2.24, 2.45) is 5.92 Å². The number of carbonyl (C=O) groups excluding carboxylic acids is 1. The van der Waals surface area contributed by atoms with E-state index in [0.29, 0.717) is 41.5 Å². The van der Waals surface area contributed by atoms with E-state index >= 15 is 0 Å². The summed E-state index contributed by atoms with van der Waals surface area (Å²) >= 11 is 11.9. The quantitative estimate of drug-likeness (QED) is 0.528. The maximum Gasteiger partial charge on any atom is 0.224 e. The Hall–Kier alpha value is -2.12. The first-order chi connectivity index (χ1) is 15.3. The molecule has 3 aromatic rings. The second-order valence-electron chi connectivity index (χ2n) is 8.10. The molecule has 1 fully saturated rings. The van der Waals surface area contributed by atoms with Crippen LogP contribution in [-0.2, 0) is 27.1 Å². The standard InChI is InChI=1S/C24H24Cl2N2O3S/c25-22-10-8-18(13-23(22)26)16-32(30,31)28-11-3-6-21(15-28)24(29)27-14-17-7-9-19-4-1-2-5-20(19)12-17/h1-2,4-5,7-10,12-13,21H,3,6,11,14-16H2,(H,27,29)/t21-/m0/s1. The molecule has 1 amide bonds. The van der Waals surface area contributed by atoms with Crippen LogP contribution in [0.15, 0.2) is 60.7 Å². The van der Waals surface area contributed by atoms with Crippen LogP contribution in [0.4, 0.5) is 0 Å². The van der Waals surface area contributed by atoms with Crippen LogP contribution in [0.25, 0.3) is 10.8 Å². The Kier molecular flexibility index (Phi) is 7.05. The van der Waals surface area contributed by atoms with Gasteiger partial charge in [-0.25, -0.2) is 12.7 Å². The van der Waals surface area contributed by atoms with Gasteiger partial charge in [0.25, 0.3) is 0 Å². The first-order valence-electron chi connectivity index (χ1n) is 10.5. The molecule has 168 valence electrons. The number of sulfonamides is 1. The number of hydrogen-bond donors (Lipinski definition) is 1. The van der Waals surface area contributed by atoms with Gasteiger partial charge in [0.05, 0.1) is 21.7 Å². The van der Waals surface area contributed by atoms with Crippen LogP contribution in [0.2, 0.25) is 10.0 Å². The number of halogens is 2. The minimum absolute atomic E-state index is 0.118.